The summed E-state index contributed by atoms with van der Waals surface area (Å²) < 4.78 is 29.3. The third-order valence-electron chi connectivity index (χ3n) is 5.10. The van der Waals surface area contributed by atoms with Crippen molar-refractivity contribution in [3.63, 3.8) is 0 Å². The van der Waals surface area contributed by atoms with Gasteiger partial charge in [-0.2, -0.15) is 0 Å². The summed E-state index contributed by atoms with van der Waals surface area (Å²) in [6.07, 6.45) is 1.17. The van der Waals surface area contributed by atoms with Crippen LogP contribution in [0.2, 0.25) is 0 Å². The first-order valence-corrected chi connectivity index (χ1v) is 11.7. The Morgan fingerprint density at radius 3 is 2.23 bits per heavy atom. The number of rotatable bonds is 5. The van der Waals surface area contributed by atoms with E-state index in [1.165, 1.54) is 12.1 Å². The van der Waals surface area contributed by atoms with Gasteiger partial charge in [0.2, 0.25) is 5.91 Å². The average Bonchev–Trinajstić information content (AvgIpc) is 2.73. The van der Waals surface area contributed by atoms with Crippen molar-refractivity contribution in [3.05, 3.63) is 53.0 Å². The van der Waals surface area contributed by atoms with E-state index in [4.69, 9.17) is 5.73 Å². The van der Waals surface area contributed by atoms with Crippen LogP contribution in [0.4, 0.5) is 11.6 Å². The van der Waals surface area contributed by atoms with Gasteiger partial charge in [0.05, 0.1) is 15.9 Å². The van der Waals surface area contributed by atoms with Crippen molar-refractivity contribution in [2.75, 3.05) is 22.7 Å². The Kier molecular flexibility index (Phi) is 5.61. The summed E-state index contributed by atoms with van der Waals surface area (Å²) in [5.41, 5.74) is 6.68. The van der Waals surface area contributed by atoms with Crippen LogP contribution in [0.3, 0.4) is 0 Å². The molecule has 2 aromatic carbocycles. The summed E-state index contributed by atoms with van der Waals surface area (Å²) in [5.74, 6) is 0.111. The molecular formula is C20H20BrN5O3S. The predicted octanol–water partition coefficient (Wildman–Crippen LogP) is 2.89. The summed E-state index contributed by atoms with van der Waals surface area (Å²) in [4.78, 5) is 22.8. The fourth-order valence-corrected chi connectivity index (χ4v) is 4.72. The van der Waals surface area contributed by atoms with Gasteiger partial charge in [0.15, 0.2) is 11.6 Å². The zero-order chi connectivity index (χ0) is 21.3. The quantitative estimate of drug-likeness (QED) is 0.568. The Balaban J connectivity index is 1.72. The lowest BCUT2D eigenvalue weighted by Gasteiger charge is -2.32. The third-order valence-corrected chi connectivity index (χ3v) is 6.99. The van der Waals surface area contributed by atoms with E-state index >= 15 is 0 Å². The van der Waals surface area contributed by atoms with Crippen molar-refractivity contribution in [3.8, 4) is 0 Å². The lowest BCUT2D eigenvalue weighted by molar-refractivity contribution is -0.122. The molecule has 30 heavy (non-hydrogen) atoms. The second-order valence-corrected chi connectivity index (χ2v) is 9.71. The van der Waals surface area contributed by atoms with Crippen molar-refractivity contribution in [1.82, 2.24) is 9.97 Å². The van der Waals surface area contributed by atoms with Crippen molar-refractivity contribution in [1.29, 1.82) is 0 Å². The Hall–Kier alpha value is -2.72. The van der Waals surface area contributed by atoms with Crippen LogP contribution >= 0.6 is 15.9 Å². The van der Waals surface area contributed by atoms with Crippen LogP contribution < -0.4 is 15.4 Å². The maximum absolute atomic E-state index is 13.0. The summed E-state index contributed by atoms with van der Waals surface area (Å²) in [7, 11) is -3.86. The number of fused-ring (bicyclic) bond motifs is 1. The molecule has 3 aromatic rings. The second kappa shape index (κ2) is 8.19. The number of hydrogen-bond acceptors (Lipinski definition) is 6. The molecule has 0 aliphatic carbocycles. The monoisotopic (exact) mass is 489 g/mol. The summed E-state index contributed by atoms with van der Waals surface area (Å²) in [6.45, 7) is 1.07. The topological polar surface area (TPSA) is 118 Å². The number of nitrogens with one attached hydrogen (secondary N) is 1. The average molecular weight is 490 g/mol. The van der Waals surface area contributed by atoms with Gasteiger partial charge in [-0.15, -0.1) is 0 Å². The van der Waals surface area contributed by atoms with Gasteiger partial charge in [0, 0.05) is 23.5 Å². The van der Waals surface area contributed by atoms with Gasteiger partial charge < -0.3 is 10.6 Å². The van der Waals surface area contributed by atoms with Gasteiger partial charge in [-0.25, -0.2) is 18.4 Å². The van der Waals surface area contributed by atoms with E-state index in [1.807, 2.05) is 23.1 Å². The van der Waals surface area contributed by atoms with Gasteiger partial charge in [0.25, 0.3) is 10.0 Å². The van der Waals surface area contributed by atoms with Crippen molar-refractivity contribution < 1.29 is 13.2 Å². The molecule has 0 unspecified atom stereocenters. The number of nitrogens with zero attached hydrogens (tertiary/aromatic N) is 3. The van der Waals surface area contributed by atoms with Gasteiger partial charge in [-0.1, -0.05) is 28.1 Å². The van der Waals surface area contributed by atoms with Crippen molar-refractivity contribution in [2.24, 2.45) is 11.7 Å². The number of hydrogen-bond donors (Lipinski definition) is 2. The van der Waals surface area contributed by atoms with Crippen LogP contribution in [-0.2, 0) is 14.8 Å². The zero-order valence-corrected chi connectivity index (χ0v) is 18.4. The number of carbonyl (C=O) groups excluding carboxylic acids is 1. The predicted molar refractivity (Wildman–Crippen MR) is 119 cm³/mol. The number of nitrogens with two attached hydrogens (primary N) is 1. The first-order valence-electron chi connectivity index (χ1n) is 9.43. The van der Waals surface area contributed by atoms with Crippen LogP contribution in [0.5, 0.6) is 0 Å². The molecule has 8 nitrogen and oxygen atoms in total. The summed E-state index contributed by atoms with van der Waals surface area (Å²) in [6, 6.07) is 13.6. The fraction of sp³-hybridized carbons (Fsp3) is 0.250. The van der Waals surface area contributed by atoms with E-state index in [2.05, 4.69) is 30.6 Å². The first kappa shape index (κ1) is 20.5. The molecular weight excluding hydrogens is 470 g/mol. The largest absolute Gasteiger partial charge is 0.369 e. The highest BCUT2D eigenvalue weighted by molar-refractivity contribution is 9.10. The number of carbonyl (C=O) groups is 1. The molecule has 0 bridgehead atoms. The number of benzene rings is 2. The number of halogens is 1. The minimum Gasteiger partial charge on any atom is -0.369 e. The Morgan fingerprint density at radius 2 is 1.63 bits per heavy atom. The van der Waals surface area contributed by atoms with E-state index in [-0.39, 0.29) is 22.5 Å². The number of para-hydroxylation sites is 2. The molecule has 0 radical (unpaired) electrons. The van der Waals surface area contributed by atoms with E-state index in [9.17, 15) is 13.2 Å². The third kappa shape index (κ3) is 4.24. The lowest BCUT2D eigenvalue weighted by Crippen LogP contribution is -2.39. The maximum atomic E-state index is 13.0. The highest BCUT2D eigenvalue weighted by atomic mass is 79.9. The maximum Gasteiger partial charge on any atom is 0.263 e. The van der Waals surface area contributed by atoms with Crippen LogP contribution in [0.1, 0.15) is 12.8 Å². The van der Waals surface area contributed by atoms with Gasteiger partial charge in [0.1, 0.15) is 0 Å². The molecule has 1 saturated heterocycles. The number of anilines is 2. The fourth-order valence-electron chi connectivity index (χ4n) is 3.46. The molecule has 4 rings (SSSR count). The molecule has 0 spiro atoms. The SMILES string of the molecule is NC(=O)C1CCN(c2nc3ccccc3nc2NS(=O)(=O)c2ccc(Br)cc2)CC1. The van der Waals surface area contributed by atoms with Crippen molar-refractivity contribution in [2.45, 2.75) is 17.7 Å². The highest BCUT2D eigenvalue weighted by Gasteiger charge is 2.27. The van der Waals surface area contributed by atoms with E-state index < -0.39 is 10.0 Å². The number of piperidine rings is 1. The number of aromatic nitrogens is 2. The minimum absolute atomic E-state index is 0.124. The highest BCUT2D eigenvalue weighted by Crippen LogP contribution is 2.30. The molecule has 10 heteroatoms. The molecule has 2 heterocycles. The van der Waals surface area contributed by atoms with Crippen LogP contribution in [0, 0.1) is 5.92 Å². The lowest BCUT2D eigenvalue weighted by atomic mass is 9.96. The normalized spacial score (nSPS) is 15.3. The smallest absolute Gasteiger partial charge is 0.263 e. The Labute approximate surface area is 182 Å². The Bertz CT molecular complexity index is 1190. The molecule has 1 fully saturated rings. The number of primary amides is 1. The summed E-state index contributed by atoms with van der Waals surface area (Å²) in [5, 5.41) is 0. The Morgan fingerprint density at radius 1 is 1.03 bits per heavy atom. The number of sulfonamides is 1. The first-order chi connectivity index (χ1) is 14.3. The standard InChI is InChI=1S/C20H20BrN5O3S/c21-14-5-7-15(8-6-14)30(28,29)25-19-20(24-17-4-2-1-3-16(17)23-19)26-11-9-13(10-12-26)18(22)27/h1-8,13H,9-12H2,(H2,22,27)(H,23,25). The molecule has 0 saturated carbocycles. The second-order valence-electron chi connectivity index (χ2n) is 7.11. The van der Waals surface area contributed by atoms with Crippen molar-refractivity contribution >= 4 is 54.5 Å². The molecule has 1 aliphatic heterocycles. The molecule has 1 aromatic heterocycles. The van der Waals surface area contributed by atoms with E-state index in [0.29, 0.717) is 42.8 Å². The molecule has 0 atom stereocenters. The summed E-state index contributed by atoms with van der Waals surface area (Å²) >= 11 is 3.31. The van der Waals surface area contributed by atoms with Crippen LogP contribution in [0.15, 0.2) is 57.9 Å². The molecule has 156 valence electrons. The minimum atomic E-state index is -3.86. The molecule has 1 amide bonds. The molecule has 1 aliphatic rings. The zero-order valence-electron chi connectivity index (χ0n) is 16.0. The number of amides is 1. The van der Waals surface area contributed by atoms with Gasteiger partial charge in [-0.05, 0) is 49.2 Å². The van der Waals surface area contributed by atoms with Gasteiger partial charge >= 0.3 is 0 Å². The van der Waals surface area contributed by atoms with Gasteiger partial charge in [-0.3, -0.25) is 9.52 Å². The van der Waals surface area contributed by atoms with Crippen LogP contribution in [-0.4, -0.2) is 37.4 Å². The molecule has 3 N–H and O–H groups in total. The van der Waals surface area contributed by atoms with E-state index in [1.54, 1.807) is 18.2 Å². The van der Waals surface area contributed by atoms with E-state index in [0.717, 1.165) is 4.47 Å². The van der Waals surface area contributed by atoms with Crippen LogP contribution in [0.25, 0.3) is 11.0 Å².